The van der Waals surface area contributed by atoms with Gasteiger partial charge in [-0.25, -0.2) is 0 Å². The average Bonchev–Trinajstić information content (AvgIpc) is 2.21. The van der Waals surface area contributed by atoms with Gasteiger partial charge in [-0.05, 0) is 12.5 Å². The molecule has 0 saturated carbocycles. The van der Waals surface area contributed by atoms with E-state index < -0.39 is 0 Å². The first-order chi connectivity index (χ1) is 6.76. The van der Waals surface area contributed by atoms with Crippen molar-refractivity contribution in [3.63, 3.8) is 0 Å². The normalized spacial score (nSPS) is 22.5. The number of rotatable bonds is 5. The van der Waals surface area contributed by atoms with Gasteiger partial charge in [0.2, 0.25) is 0 Å². The molecule has 0 bridgehead atoms. The molecule has 4 heteroatoms. The third-order valence-electron chi connectivity index (χ3n) is 2.88. The molecule has 1 rings (SSSR count). The largest absolute Gasteiger partial charge is 0.330 e. The zero-order chi connectivity index (χ0) is 10.4. The van der Waals surface area contributed by atoms with Crippen molar-refractivity contribution in [2.75, 3.05) is 52.4 Å². The average molecular weight is 200 g/mol. The lowest BCUT2D eigenvalue weighted by Gasteiger charge is -2.35. The number of nitrogens with two attached hydrogens (primary N) is 2. The van der Waals surface area contributed by atoms with Crippen LogP contribution in [0.25, 0.3) is 0 Å². The van der Waals surface area contributed by atoms with Crippen molar-refractivity contribution in [1.29, 1.82) is 0 Å². The second-order valence-electron chi connectivity index (χ2n) is 4.27. The van der Waals surface area contributed by atoms with Crippen LogP contribution in [0.4, 0.5) is 0 Å². The molecule has 1 heterocycles. The number of nitrogens with zero attached hydrogens (tertiary/aromatic N) is 2. The highest BCUT2D eigenvalue weighted by Crippen LogP contribution is 2.04. The summed E-state index contributed by atoms with van der Waals surface area (Å²) in [6, 6.07) is 0. The van der Waals surface area contributed by atoms with Crippen LogP contribution in [-0.4, -0.2) is 62.2 Å². The third kappa shape index (κ3) is 3.92. The Hall–Kier alpha value is -0.160. The highest BCUT2D eigenvalue weighted by Gasteiger charge is 2.16. The molecule has 0 aromatic heterocycles. The molecule has 14 heavy (non-hydrogen) atoms. The van der Waals surface area contributed by atoms with E-state index in [4.69, 9.17) is 11.5 Å². The minimum Gasteiger partial charge on any atom is -0.330 e. The summed E-state index contributed by atoms with van der Waals surface area (Å²) >= 11 is 0. The first kappa shape index (κ1) is 11.9. The SMILES string of the molecule is CC(CN)CN1CCN(CCN)CC1. The van der Waals surface area contributed by atoms with Crippen LogP contribution in [0.3, 0.4) is 0 Å². The van der Waals surface area contributed by atoms with E-state index in [9.17, 15) is 0 Å². The van der Waals surface area contributed by atoms with Gasteiger partial charge in [0, 0.05) is 45.8 Å². The van der Waals surface area contributed by atoms with Crippen LogP contribution in [0, 0.1) is 5.92 Å². The minimum absolute atomic E-state index is 0.621. The maximum Gasteiger partial charge on any atom is 0.0110 e. The van der Waals surface area contributed by atoms with Crippen molar-refractivity contribution < 1.29 is 0 Å². The highest BCUT2D eigenvalue weighted by atomic mass is 15.3. The molecular formula is C10H24N4. The fourth-order valence-electron chi connectivity index (χ4n) is 1.89. The lowest BCUT2D eigenvalue weighted by Crippen LogP contribution is -2.49. The highest BCUT2D eigenvalue weighted by molar-refractivity contribution is 4.73. The predicted octanol–water partition coefficient (Wildman–Crippen LogP) is -0.842. The summed E-state index contributed by atoms with van der Waals surface area (Å²) < 4.78 is 0. The van der Waals surface area contributed by atoms with Gasteiger partial charge in [0.15, 0.2) is 0 Å². The first-order valence-corrected chi connectivity index (χ1v) is 5.61. The van der Waals surface area contributed by atoms with Crippen LogP contribution in [0.15, 0.2) is 0 Å². The standard InChI is InChI=1S/C10H24N4/c1-10(8-12)9-14-6-4-13(3-2-11)5-7-14/h10H,2-9,11-12H2,1H3. The van der Waals surface area contributed by atoms with Crippen LogP contribution in [0.1, 0.15) is 6.92 Å². The van der Waals surface area contributed by atoms with Crippen LogP contribution in [0.2, 0.25) is 0 Å². The smallest absolute Gasteiger partial charge is 0.0110 e. The molecule has 0 aromatic rings. The second-order valence-corrected chi connectivity index (χ2v) is 4.27. The molecule has 0 aromatic carbocycles. The van der Waals surface area contributed by atoms with Gasteiger partial charge < -0.3 is 16.4 Å². The van der Waals surface area contributed by atoms with Crippen molar-refractivity contribution in [2.45, 2.75) is 6.92 Å². The Kier molecular flexibility index (Phi) is 5.40. The fourth-order valence-corrected chi connectivity index (χ4v) is 1.89. The van der Waals surface area contributed by atoms with E-state index in [1.165, 1.54) is 13.1 Å². The molecule has 1 aliphatic rings. The molecule has 1 unspecified atom stereocenters. The first-order valence-electron chi connectivity index (χ1n) is 5.61. The van der Waals surface area contributed by atoms with Crippen molar-refractivity contribution in [1.82, 2.24) is 9.80 Å². The maximum atomic E-state index is 5.61. The topological polar surface area (TPSA) is 58.5 Å². The number of hydrogen-bond acceptors (Lipinski definition) is 4. The van der Waals surface area contributed by atoms with Crippen molar-refractivity contribution in [3.8, 4) is 0 Å². The van der Waals surface area contributed by atoms with Gasteiger partial charge in [0.05, 0.1) is 0 Å². The summed E-state index contributed by atoms with van der Waals surface area (Å²) in [7, 11) is 0. The summed E-state index contributed by atoms with van der Waals surface area (Å²) in [6.45, 7) is 10.6. The quantitative estimate of drug-likeness (QED) is 0.607. The summed E-state index contributed by atoms with van der Waals surface area (Å²) in [6.07, 6.45) is 0. The van der Waals surface area contributed by atoms with E-state index >= 15 is 0 Å². The molecule has 4 N–H and O–H groups in total. The van der Waals surface area contributed by atoms with Gasteiger partial charge >= 0.3 is 0 Å². The lowest BCUT2D eigenvalue weighted by atomic mass is 10.1. The minimum atomic E-state index is 0.621. The van der Waals surface area contributed by atoms with Crippen LogP contribution >= 0.6 is 0 Å². The predicted molar refractivity (Wildman–Crippen MR) is 60.2 cm³/mol. The Balaban J connectivity index is 2.15. The van der Waals surface area contributed by atoms with Gasteiger partial charge in [-0.3, -0.25) is 4.90 Å². The molecule has 1 saturated heterocycles. The fraction of sp³-hybridized carbons (Fsp3) is 1.00. The zero-order valence-electron chi connectivity index (χ0n) is 9.28. The van der Waals surface area contributed by atoms with E-state index in [0.29, 0.717) is 5.92 Å². The molecule has 0 spiro atoms. The Labute approximate surface area is 87.2 Å². The molecular weight excluding hydrogens is 176 g/mol. The third-order valence-corrected chi connectivity index (χ3v) is 2.88. The van der Waals surface area contributed by atoms with E-state index in [2.05, 4.69) is 16.7 Å². The number of hydrogen-bond donors (Lipinski definition) is 2. The molecule has 1 atom stereocenters. The van der Waals surface area contributed by atoms with E-state index in [1.54, 1.807) is 0 Å². The molecule has 0 radical (unpaired) electrons. The Morgan fingerprint density at radius 1 is 1.07 bits per heavy atom. The van der Waals surface area contributed by atoms with Crippen LogP contribution in [0.5, 0.6) is 0 Å². The summed E-state index contributed by atoms with van der Waals surface area (Å²) in [5, 5.41) is 0. The summed E-state index contributed by atoms with van der Waals surface area (Å²) in [4.78, 5) is 4.94. The van der Waals surface area contributed by atoms with E-state index in [0.717, 1.165) is 39.3 Å². The second kappa shape index (κ2) is 6.35. The molecule has 0 aliphatic carbocycles. The summed E-state index contributed by atoms with van der Waals surface area (Å²) in [5.41, 5.74) is 11.1. The Morgan fingerprint density at radius 2 is 1.64 bits per heavy atom. The number of piperazine rings is 1. The van der Waals surface area contributed by atoms with Crippen LogP contribution in [-0.2, 0) is 0 Å². The molecule has 4 nitrogen and oxygen atoms in total. The van der Waals surface area contributed by atoms with Gasteiger partial charge in [-0.15, -0.1) is 0 Å². The monoisotopic (exact) mass is 200 g/mol. The van der Waals surface area contributed by atoms with E-state index in [-0.39, 0.29) is 0 Å². The molecule has 84 valence electrons. The summed E-state index contributed by atoms with van der Waals surface area (Å²) in [5.74, 6) is 0.621. The zero-order valence-corrected chi connectivity index (χ0v) is 9.28. The molecule has 1 fully saturated rings. The van der Waals surface area contributed by atoms with E-state index in [1.807, 2.05) is 0 Å². The van der Waals surface area contributed by atoms with Gasteiger partial charge in [0.1, 0.15) is 0 Å². The van der Waals surface area contributed by atoms with Gasteiger partial charge in [0.25, 0.3) is 0 Å². The molecule has 1 aliphatic heterocycles. The lowest BCUT2D eigenvalue weighted by molar-refractivity contribution is 0.123. The van der Waals surface area contributed by atoms with Gasteiger partial charge in [-0.1, -0.05) is 6.92 Å². The Bertz CT molecular complexity index is 143. The Morgan fingerprint density at radius 3 is 2.14 bits per heavy atom. The van der Waals surface area contributed by atoms with Crippen molar-refractivity contribution >= 4 is 0 Å². The maximum absolute atomic E-state index is 5.61. The van der Waals surface area contributed by atoms with Crippen molar-refractivity contribution in [2.24, 2.45) is 17.4 Å². The van der Waals surface area contributed by atoms with Crippen molar-refractivity contribution in [3.05, 3.63) is 0 Å². The molecule has 0 amide bonds. The van der Waals surface area contributed by atoms with Gasteiger partial charge in [-0.2, -0.15) is 0 Å². The van der Waals surface area contributed by atoms with Crippen LogP contribution < -0.4 is 11.5 Å².